The highest BCUT2D eigenvalue weighted by atomic mass is 35.5. The largest absolute Gasteiger partial charge is 0.487 e. The molecule has 0 radical (unpaired) electrons. The van der Waals surface area contributed by atoms with Gasteiger partial charge in [0.1, 0.15) is 30.2 Å². The second kappa shape index (κ2) is 15.6. The van der Waals surface area contributed by atoms with E-state index in [1.807, 2.05) is 31.3 Å². The van der Waals surface area contributed by atoms with E-state index in [1.54, 1.807) is 30.5 Å². The van der Waals surface area contributed by atoms with Gasteiger partial charge in [0, 0.05) is 49.6 Å². The Bertz CT molecular complexity index is 1580. The number of hydrogen-bond donors (Lipinski definition) is 1. The predicted molar refractivity (Wildman–Crippen MR) is 183 cm³/mol. The van der Waals surface area contributed by atoms with Crippen LogP contribution in [0.3, 0.4) is 0 Å². The Morgan fingerprint density at radius 3 is 2.50 bits per heavy atom. The quantitative estimate of drug-likeness (QED) is 0.177. The molecule has 1 aliphatic carbocycles. The lowest BCUT2D eigenvalue weighted by atomic mass is 9.90. The average molecular weight is 680 g/mol. The van der Waals surface area contributed by atoms with Gasteiger partial charge >= 0.3 is 0 Å². The van der Waals surface area contributed by atoms with E-state index in [1.165, 1.54) is 6.33 Å². The lowest BCUT2D eigenvalue weighted by Gasteiger charge is -2.38. The molecule has 1 aliphatic heterocycles. The lowest BCUT2D eigenvalue weighted by Crippen LogP contribution is -2.45. The zero-order valence-corrected chi connectivity index (χ0v) is 29.0. The fourth-order valence-corrected chi connectivity index (χ4v) is 6.52. The number of hydrogen-bond acceptors (Lipinski definition) is 11. The maximum Gasteiger partial charge on any atom is 0.256 e. The Balaban J connectivity index is 1.14. The van der Waals surface area contributed by atoms with Gasteiger partial charge < -0.3 is 24.3 Å². The Hall–Kier alpha value is -3.78. The summed E-state index contributed by atoms with van der Waals surface area (Å²) in [6, 6.07) is 6.56. The smallest absolute Gasteiger partial charge is 0.256 e. The van der Waals surface area contributed by atoms with Crippen LogP contribution < -0.4 is 14.8 Å². The molecule has 1 atom stereocenters. The van der Waals surface area contributed by atoms with Crippen LogP contribution in [0.5, 0.6) is 11.6 Å². The Morgan fingerprint density at radius 1 is 1.04 bits per heavy atom. The van der Waals surface area contributed by atoms with E-state index in [4.69, 9.17) is 35.6 Å². The maximum atomic E-state index is 6.48. The molecule has 48 heavy (non-hydrogen) atoms. The molecule has 13 nitrogen and oxygen atoms in total. The number of morpholine rings is 1. The molecule has 2 fully saturated rings. The third-order valence-corrected chi connectivity index (χ3v) is 9.15. The van der Waals surface area contributed by atoms with Crippen LogP contribution in [0.1, 0.15) is 52.5 Å². The van der Waals surface area contributed by atoms with Crippen molar-refractivity contribution >= 4 is 23.2 Å². The van der Waals surface area contributed by atoms with E-state index in [0.29, 0.717) is 54.4 Å². The molecule has 1 unspecified atom stereocenters. The van der Waals surface area contributed by atoms with E-state index in [-0.39, 0.29) is 11.5 Å². The normalized spacial score (nSPS) is 19.6. The van der Waals surface area contributed by atoms with Crippen molar-refractivity contribution in [3.63, 3.8) is 0 Å². The van der Waals surface area contributed by atoms with Crippen molar-refractivity contribution in [3.8, 4) is 22.8 Å². The van der Waals surface area contributed by atoms with Gasteiger partial charge in [0.25, 0.3) is 5.88 Å². The summed E-state index contributed by atoms with van der Waals surface area (Å²) >= 11 is 6.48. The zero-order valence-electron chi connectivity index (χ0n) is 28.2. The molecule has 1 saturated heterocycles. The summed E-state index contributed by atoms with van der Waals surface area (Å²) < 4.78 is 27.2. The number of nitrogens with zero attached hydrogens (tertiary/aromatic N) is 8. The SMILES string of the molecule is COCC(C)(C)COc1nn(C2CCC(N3CCOCC3)CC2)cc1Nc1ncc(-c2ccc(Cl)c(OC(C)Cn3cncn3)c2)cn1. The second-order valence-electron chi connectivity index (χ2n) is 13.4. The first kappa shape index (κ1) is 34.1. The van der Waals surface area contributed by atoms with Gasteiger partial charge in [-0.1, -0.05) is 31.5 Å². The summed E-state index contributed by atoms with van der Waals surface area (Å²) in [5.74, 6) is 1.55. The highest BCUT2D eigenvalue weighted by Gasteiger charge is 2.29. The van der Waals surface area contributed by atoms with Gasteiger partial charge in [0.15, 0.2) is 0 Å². The third-order valence-electron chi connectivity index (χ3n) is 8.84. The van der Waals surface area contributed by atoms with Crippen LogP contribution in [-0.4, -0.2) is 98.2 Å². The number of aromatic nitrogens is 7. The molecule has 1 aromatic carbocycles. The Kier molecular flexibility index (Phi) is 11.1. The van der Waals surface area contributed by atoms with Gasteiger partial charge in [0.05, 0.1) is 50.2 Å². The van der Waals surface area contributed by atoms with E-state index < -0.39 is 0 Å². The number of benzene rings is 1. The van der Waals surface area contributed by atoms with Gasteiger partial charge in [0.2, 0.25) is 5.95 Å². The number of halogens is 1. The molecule has 0 bridgehead atoms. The molecule has 1 saturated carbocycles. The highest BCUT2D eigenvalue weighted by molar-refractivity contribution is 6.32. The van der Waals surface area contributed by atoms with Crippen LogP contribution in [-0.2, 0) is 16.0 Å². The lowest BCUT2D eigenvalue weighted by molar-refractivity contribution is 0.00499. The van der Waals surface area contributed by atoms with Crippen LogP contribution in [0.4, 0.5) is 11.6 Å². The minimum absolute atomic E-state index is 0.167. The minimum atomic E-state index is -0.181. The first-order valence-electron chi connectivity index (χ1n) is 16.7. The van der Waals surface area contributed by atoms with Crippen molar-refractivity contribution in [2.75, 3.05) is 51.9 Å². The van der Waals surface area contributed by atoms with Crippen LogP contribution in [0, 0.1) is 5.41 Å². The number of nitrogens with one attached hydrogen (secondary N) is 1. The summed E-state index contributed by atoms with van der Waals surface area (Å²) in [6.07, 6.45) is 13.0. The standard InChI is InChI=1S/C34H46ClN9O4/c1-24(18-43-23-36-22-39-43)48-31-15-25(5-10-29(31)35)26-16-37-33(38-17-26)40-30-19-44(41-32(30)47-21-34(2,3)20-45-4)28-8-6-27(7-9-28)42-11-13-46-14-12-42/h5,10,15-17,19,22-24,27-28H,6-9,11-14,18,20-21H2,1-4H3,(H,37,38,40). The molecule has 4 heterocycles. The first-order chi connectivity index (χ1) is 23.3. The second-order valence-corrected chi connectivity index (χ2v) is 13.8. The fourth-order valence-electron chi connectivity index (χ4n) is 6.36. The topological polar surface area (TPSA) is 127 Å². The van der Waals surface area contributed by atoms with E-state index in [9.17, 15) is 0 Å². The average Bonchev–Trinajstić information content (AvgIpc) is 3.76. The number of rotatable bonds is 14. The first-order valence-corrected chi connectivity index (χ1v) is 17.0. The van der Waals surface area contributed by atoms with Crippen molar-refractivity contribution in [3.05, 3.63) is 54.5 Å². The van der Waals surface area contributed by atoms with Crippen molar-refractivity contribution in [2.45, 2.75) is 71.2 Å². The molecule has 3 aromatic heterocycles. The molecule has 0 amide bonds. The van der Waals surface area contributed by atoms with Gasteiger partial charge in [-0.15, -0.1) is 5.10 Å². The minimum Gasteiger partial charge on any atom is -0.487 e. The molecule has 4 aromatic rings. The van der Waals surface area contributed by atoms with Gasteiger partial charge in [-0.05, 0) is 50.3 Å². The van der Waals surface area contributed by atoms with E-state index >= 15 is 0 Å². The Morgan fingerprint density at radius 2 is 1.79 bits per heavy atom. The molecule has 2 aliphatic rings. The maximum absolute atomic E-state index is 6.48. The molecule has 0 spiro atoms. The van der Waals surface area contributed by atoms with Gasteiger partial charge in [-0.3, -0.25) is 9.58 Å². The number of ether oxygens (including phenoxy) is 4. The van der Waals surface area contributed by atoms with E-state index in [2.05, 4.69) is 48.8 Å². The molecular weight excluding hydrogens is 634 g/mol. The molecule has 14 heteroatoms. The summed E-state index contributed by atoms with van der Waals surface area (Å²) in [5, 5.41) is 13.0. The predicted octanol–water partition coefficient (Wildman–Crippen LogP) is 5.66. The van der Waals surface area contributed by atoms with Crippen molar-refractivity contribution in [1.82, 2.24) is 39.4 Å². The Labute approximate surface area is 286 Å². The molecule has 258 valence electrons. The number of methoxy groups -OCH3 is 1. The monoisotopic (exact) mass is 679 g/mol. The fraction of sp³-hybridized carbons (Fsp3) is 0.559. The van der Waals surface area contributed by atoms with Gasteiger partial charge in [-0.25, -0.2) is 19.6 Å². The van der Waals surface area contributed by atoms with Crippen LogP contribution in [0.2, 0.25) is 5.02 Å². The molecule has 1 N–H and O–H groups in total. The molecular formula is C34H46ClN9O4. The third kappa shape index (κ3) is 8.81. The summed E-state index contributed by atoms with van der Waals surface area (Å²) in [7, 11) is 1.71. The number of anilines is 2. The van der Waals surface area contributed by atoms with E-state index in [0.717, 1.165) is 68.8 Å². The molecule has 6 rings (SSSR count). The van der Waals surface area contributed by atoms with Crippen LogP contribution in [0.25, 0.3) is 11.1 Å². The van der Waals surface area contributed by atoms with Gasteiger partial charge in [-0.2, -0.15) is 5.10 Å². The zero-order chi connectivity index (χ0) is 33.5. The van der Waals surface area contributed by atoms with Crippen molar-refractivity contribution in [2.24, 2.45) is 5.41 Å². The van der Waals surface area contributed by atoms with Crippen LogP contribution in [0.15, 0.2) is 49.4 Å². The highest BCUT2D eigenvalue weighted by Crippen LogP contribution is 2.36. The summed E-state index contributed by atoms with van der Waals surface area (Å²) in [5.41, 5.74) is 2.27. The van der Waals surface area contributed by atoms with Crippen LogP contribution >= 0.6 is 11.6 Å². The van der Waals surface area contributed by atoms with Crippen molar-refractivity contribution in [1.29, 1.82) is 0 Å². The van der Waals surface area contributed by atoms with Crippen molar-refractivity contribution < 1.29 is 18.9 Å². The summed E-state index contributed by atoms with van der Waals surface area (Å²) in [4.78, 5) is 15.8. The summed E-state index contributed by atoms with van der Waals surface area (Å²) in [6.45, 7) is 11.5.